The zero-order valence-electron chi connectivity index (χ0n) is 23.1. The van der Waals surface area contributed by atoms with Gasteiger partial charge in [-0.05, 0) is 66.8 Å². The largest absolute Gasteiger partial charge is 0.497 e. The van der Waals surface area contributed by atoms with Crippen molar-refractivity contribution in [2.45, 2.75) is 25.3 Å². The fourth-order valence-electron chi connectivity index (χ4n) is 6.90. The summed E-state index contributed by atoms with van der Waals surface area (Å²) in [5.41, 5.74) is 0.405. The van der Waals surface area contributed by atoms with Crippen molar-refractivity contribution in [3.05, 3.63) is 82.3 Å². The van der Waals surface area contributed by atoms with Gasteiger partial charge in [-0.25, -0.2) is 9.69 Å². The summed E-state index contributed by atoms with van der Waals surface area (Å²) in [5.74, 6) is 0.781. The van der Waals surface area contributed by atoms with E-state index in [9.17, 15) is 19.2 Å². The Kier molecular flexibility index (Phi) is 6.27. The smallest absolute Gasteiger partial charge is 0.335 e. The van der Waals surface area contributed by atoms with Gasteiger partial charge in [0.2, 0.25) is 12.7 Å². The maximum atomic E-state index is 14.5. The normalized spacial score (nSPS) is 24.8. The van der Waals surface area contributed by atoms with Crippen LogP contribution < -0.4 is 30.0 Å². The summed E-state index contributed by atoms with van der Waals surface area (Å²) in [7, 11) is 1.53. The van der Waals surface area contributed by atoms with Gasteiger partial charge in [-0.2, -0.15) is 0 Å². The number of aromatic nitrogens is 1. The van der Waals surface area contributed by atoms with Gasteiger partial charge in [0.05, 0.1) is 12.8 Å². The second-order valence-electron chi connectivity index (χ2n) is 11.4. The number of hydrogen-bond donors (Lipinski definition) is 1. The van der Waals surface area contributed by atoms with Crippen molar-refractivity contribution in [2.24, 2.45) is 11.3 Å². The Balaban J connectivity index is 1.26. The lowest BCUT2D eigenvalue weighted by Crippen LogP contribution is -2.68. The molecule has 42 heavy (non-hydrogen) atoms. The molecule has 2 saturated heterocycles. The maximum absolute atomic E-state index is 14.5. The molecule has 7 rings (SSSR count). The average Bonchev–Trinajstić information content (AvgIpc) is 3.45. The Bertz CT molecular complexity index is 1650. The van der Waals surface area contributed by atoms with Crippen LogP contribution in [0.5, 0.6) is 17.2 Å². The van der Waals surface area contributed by atoms with Crippen molar-refractivity contribution in [1.82, 2.24) is 14.8 Å². The van der Waals surface area contributed by atoms with Crippen LogP contribution in [-0.4, -0.2) is 60.8 Å². The first-order chi connectivity index (χ1) is 20.3. The van der Waals surface area contributed by atoms with E-state index in [-0.39, 0.29) is 37.2 Å². The molecule has 4 aliphatic heterocycles. The van der Waals surface area contributed by atoms with Crippen LogP contribution in [0, 0.1) is 11.3 Å². The van der Waals surface area contributed by atoms with Gasteiger partial charge in [0.15, 0.2) is 11.5 Å². The molecule has 2 aromatic carbocycles. The average molecular weight is 571 g/mol. The number of imide groups is 2. The molecule has 0 aliphatic carbocycles. The number of amides is 4. The minimum Gasteiger partial charge on any atom is -0.497 e. The molecular weight excluding hydrogens is 540 g/mol. The van der Waals surface area contributed by atoms with Crippen LogP contribution in [0.4, 0.5) is 10.5 Å². The second kappa shape index (κ2) is 10.0. The van der Waals surface area contributed by atoms with E-state index in [0.717, 1.165) is 17.0 Å². The molecule has 216 valence electrons. The number of methoxy groups -OCH3 is 1. The number of ether oxygens (including phenoxy) is 3. The highest BCUT2D eigenvalue weighted by molar-refractivity contribution is 6.30. The number of carbonyl (C=O) groups excluding carboxylic acids is 3. The summed E-state index contributed by atoms with van der Waals surface area (Å²) in [6.07, 6.45) is 0.988. The van der Waals surface area contributed by atoms with Crippen molar-refractivity contribution >= 4 is 23.5 Å². The molecule has 4 amide bonds. The number of piperidine rings is 1. The Morgan fingerprint density at radius 2 is 1.76 bits per heavy atom. The van der Waals surface area contributed by atoms with E-state index in [0.29, 0.717) is 48.1 Å². The first kappa shape index (κ1) is 26.3. The first-order valence-electron chi connectivity index (χ1n) is 14.0. The third-order valence-corrected chi connectivity index (χ3v) is 8.79. The number of urea groups is 1. The summed E-state index contributed by atoms with van der Waals surface area (Å²) < 4.78 is 18.1. The van der Waals surface area contributed by atoms with Gasteiger partial charge >= 0.3 is 6.03 Å². The van der Waals surface area contributed by atoms with Gasteiger partial charge in [0.1, 0.15) is 11.2 Å². The van der Waals surface area contributed by atoms with E-state index in [1.165, 1.54) is 7.11 Å². The number of rotatable bonds is 6. The van der Waals surface area contributed by atoms with Gasteiger partial charge in [-0.3, -0.25) is 19.7 Å². The van der Waals surface area contributed by atoms with Crippen molar-refractivity contribution in [2.75, 3.05) is 38.4 Å². The second-order valence-corrected chi connectivity index (χ2v) is 11.4. The number of anilines is 1. The molecule has 5 heterocycles. The molecule has 11 heteroatoms. The molecule has 0 radical (unpaired) electrons. The van der Waals surface area contributed by atoms with Crippen LogP contribution in [0.1, 0.15) is 23.6 Å². The Hall–Kier alpha value is -4.64. The van der Waals surface area contributed by atoms with Gasteiger partial charge in [-0.15, -0.1) is 0 Å². The SMILES string of the molecule is COc1ccc(N2C(=O)NC(=O)[C@](Cc3ccc4c(c3)OCO4)(CN3C[C@@H]4C[C@@H](C3)c3cccc(=O)n3C4)C2=O)cc1. The van der Waals surface area contributed by atoms with Gasteiger partial charge in [-0.1, -0.05) is 12.1 Å². The number of carbonyl (C=O) groups is 3. The minimum atomic E-state index is -1.61. The lowest BCUT2D eigenvalue weighted by molar-refractivity contribution is -0.144. The predicted octanol–water partition coefficient (Wildman–Crippen LogP) is 2.52. The Labute approximate surface area is 241 Å². The molecule has 2 fully saturated rings. The van der Waals surface area contributed by atoms with Crippen molar-refractivity contribution in [3.8, 4) is 17.2 Å². The van der Waals surface area contributed by atoms with E-state index in [1.807, 2.05) is 16.7 Å². The maximum Gasteiger partial charge on any atom is 0.335 e. The fraction of sp³-hybridized carbons (Fsp3) is 0.355. The van der Waals surface area contributed by atoms with Gasteiger partial charge < -0.3 is 23.7 Å². The topological polar surface area (TPSA) is 119 Å². The minimum absolute atomic E-state index is 0.00888. The summed E-state index contributed by atoms with van der Waals surface area (Å²) in [5, 5.41) is 2.48. The molecule has 2 bridgehead atoms. The van der Waals surface area contributed by atoms with Crippen molar-refractivity contribution in [1.29, 1.82) is 0 Å². The third-order valence-electron chi connectivity index (χ3n) is 8.79. The van der Waals surface area contributed by atoms with Crippen LogP contribution in [0.3, 0.4) is 0 Å². The summed E-state index contributed by atoms with van der Waals surface area (Å²) in [6, 6.07) is 16.5. The van der Waals surface area contributed by atoms with E-state index in [2.05, 4.69) is 10.2 Å². The molecule has 3 aromatic rings. The van der Waals surface area contributed by atoms with Crippen LogP contribution in [0.2, 0.25) is 0 Å². The van der Waals surface area contributed by atoms with E-state index in [4.69, 9.17) is 14.2 Å². The molecule has 4 aliphatic rings. The number of fused-ring (bicyclic) bond motifs is 5. The standard InChI is InChI=1S/C31H30N4O7/c1-40-23-8-6-22(7-9-23)35-29(38)31(28(37)32-30(35)39,13-19-5-10-25-26(12-19)42-18-41-25)17-33-14-20-11-21(16-33)24-3-2-4-27(36)34(24)15-20/h2-10,12,20-21H,11,13-18H2,1H3,(H,32,37,39)/t20-,21-,31-/m0/s1. The number of pyridine rings is 1. The molecule has 0 unspecified atom stereocenters. The molecule has 1 N–H and O–H groups in total. The number of nitrogens with one attached hydrogen (secondary N) is 1. The van der Waals surface area contributed by atoms with Gasteiger partial charge in [0.25, 0.3) is 11.5 Å². The highest BCUT2D eigenvalue weighted by atomic mass is 16.7. The highest BCUT2D eigenvalue weighted by Gasteiger charge is 2.56. The van der Waals surface area contributed by atoms with Gasteiger partial charge in [0, 0.05) is 43.9 Å². The van der Waals surface area contributed by atoms with E-state index < -0.39 is 23.3 Å². The van der Waals surface area contributed by atoms with Crippen LogP contribution in [-0.2, 0) is 22.6 Å². The van der Waals surface area contributed by atoms with Crippen molar-refractivity contribution in [3.63, 3.8) is 0 Å². The number of hydrogen-bond acceptors (Lipinski definition) is 8. The van der Waals surface area contributed by atoms with E-state index >= 15 is 0 Å². The first-order valence-corrected chi connectivity index (χ1v) is 14.0. The molecule has 1 aromatic heterocycles. The number of nitrogens with zero attached hydrogens (tertiary/aromatic N) is 3. The highest BCUT2D eigenvalue weighted by Crippen LogP contribution is 2.41. The fourth-order valence-corrected chi connectivity index (χ4v) is 6.90. The van der Waals surface area contributed by atoms with Crippen LogP contribution in [0.25, 0.3) is 0 Å². The summed E-state index contributed by atoms with van der Waals surface area (Å²) in [4.78, 5) is 57.3. The zero-order chi connectivity index (χ0) is 29.0. The zero-order valence-corrected chi connectivity index (χ0v) is 23.1. The molecule has 11 nitrogen and oxygen atoms in total. The van der Waals surface area contributed by atoms with Crippen LogP contribution in [0.15, 0.2) is 65.5 Å². The molecular formula is C31H30N4O7. The Morgan fingerprint density at radius 1 is 0.952 bits per heavy atom. The quantitative estimate of drug-likeness (QED) is 0.449. The van der Waals surface area contributed by atoms with Crippen LogP contribution >= 0.6 is 0 Å². The predicted molar refractivity (Wildman–Crippen MR) is 151 cm³/mol. The number of barbiturate groups is 1. The van der Waals surface area contributed by atoms with Crippen molar-refractivity contribution < 1.29 is 28.6 Å². The molecule has 3 atom stereocenters. The van der Waals surface area contributed by atoms with E-state index in [1.54, 1.807) is 48.5 Å². The molecule has 0 spiro atoms. The Morgan fingerprint density at radius 3 is 2.57 bits per heavy atom. The molecule has 0 saturated carbocycles. The lowest BCUT2D eigenvalue weighted by atomic mass is 9.75. The third kappa shape index (κ3) is 4.32. The summed E-state index contributed by atoms with van der Waals surface area (Å²) >= 11 is 0. The summed E-state index contributed by atoms with van der Waals surface area (Å²) in [6.45, 7) is 2.01. The number of likely N-dealkylation sites (tertiary alicyclic amines) is 1. The number of benzene rings is 2. The lowest BCUT2D eigenvalue weighted by Gasteiger charge is -2.47. The monoisotopic (exact) mass is 570 g/mol.